The molecule has 1 aromatic rings. The number of hydrogen-bond donors (Lipinski definition) is 1. The van der Waals surface area contributed by atoms with Crippen molar-refractivity contribution in [3.8, 4) is 0 Å². The Kier molecular flexibility index (Phi) is 4.71. The summed E-state index contributed by atoms with van der Waals surface area (Å²) in [7, 11) is 1.32. The summed E-state index contributed by atoms with van der Waals surface area (Å²) in [4.78, 5) is 41.9. The zero-order valence-electron chi connectivity index (χ0n) is 14.6. The Balaban J connectivity index is 1.70. The lowest BCUT2D eigenvalue weighted by molar-refractivity contribution is -0.134. The van der Waals surface area contributed by atoms with Gasteiger partial charge in [-0.05, 0) is 36.8 Å². The first-order valence-electron chi connectivity index (χ1n) is 8.15. The zero-order valence-corrected chi connectivity index (χ0v) is 14.6. The van der Waals surface area contributed by atoms with Crippen molar-refractivity contribution < 1.29 is 19.1 Å². The molecule has 7 heteroatoms. The Morgan fingerprint density at radius 3 is 2.69 bits per heavy atom. The van der Waals surface area contributed by atoms with Crippen molar-refractivity contribution >= 4 is 23.6 Å². The highest BCUT2D eigenvalue weighted by Crippen LogP contribution is 2.28. The number of benzene rings is 1. The Morgan fingerprint density at radius 2 is 2.00 bits per heavy atom. The number of methoxy groups -OCH3 is 1. The molecule has 0 saturated carbocycles. The molecule has 2 heterocycles. The van der Waals surface area contributed by atoms with Gasteiger partial charge in [0.1, 0.15) is 11.4 Å². The third-order valence-corrected chi connectivity index (χ3v) is 4.42. The van der Waals surface area contributed by atoms with Crippen LogP contribution in [-0.2, 0) is 20.9 Å². The number of aliphatic imine (C=N–C) groups is 1. The number of hydrogen-bond acceptors (Lipinski definition) is 5. The van der Waals surface area contributed by atoms with Gasteiger partial charge in [0, 0.05) is 12.7 Å². The van der Waals surface area contributed by atoms with Crippen LogP contribution in [0.25, 0.3) is 0 Å². The van der Waals surface area contributed by atoms with Crippen LogP contribution in [0, 0.1) is 0 Å². The second-order valence-corrected chi connectivity index (χ2v) is 6.26. The van der Waals surface area contributed by atoms with Crippen LogP contribution in [0.5, 0.6) is 0 Å². The highest BCUT2D eigenvalue weighted by molar-refractivity contribution is 6.09. The van der Waals surface area contributed by atoms with Crippen LogP contribution in [-0.4, -0.2) is 41.2 Å². The predicted octanol–water partition coefficient (Wildman–Crippen LogP) is 1.56. The van der Waals surface area contributed by atoms with Crippen LogP contribution in [0.15, 0.2) is 53.7 Å². The first-order chi connectivity index (χ1) is 12.4. The number of esters is 1. The van der Waals surface area contributed by atoms with E-state index >= 15 is 0 Å². The molecule has 0 spiro atoms. The number of nitrogens with zero attached hydrogens (tertiary/aromatic N) is 2. The van der Waals surface area contributed by atoms with E-state index < -0.39 is 11.5 Å². The van der Waals surface area contributed by atoms with Crippen LogP contribution >= 0.6 is 0 Å². The molecule has 0 fully saturated rings. The number of rotatable bonds is 4. The summed E-state index contributed by atoms with van der Waals surface area (Å²) in [6.07, 6.45) is 7.02. The second-order valence-electron chi connectivity index (χ2n) is 6.26. The van der Waals surface area contributed by atoms with Gasteiger partial charge in [-0.25, -0.2) is 4.79 Å². The van der Waals surface area contributed by atoms with Gasteiger partial charge in [0.2, 0.25) is 5.91 Å². The van der Waals surface area contributed by atoms with E-state index in [0.717, 1.165) is 5.56 Å². The van der Waals surface area contributed by atoms with Crippen molar-refractivity contribution in [3.05, 3.63) is 59.8 Å². The molecule has 2 aliphatic rings. The maximum Gasteiger partial charge on any atom is 0.337 e. The maximum absolute atomic E-state index is 12.8. The minimum absolute atomic E-state index is 0.00178. The number of amides is 2. The minimum Gasteiger partial charge on any atom is -0.465 e. The molecule has 0 bridgehead atoms. The van der Waals surface area contributed by atoms with Crippen LogP contribution in [0.1, 0.15) is 29.3 Å². The molecule has 0 aromatic heterocycles. The standard InChI is InChI=1S/C19H19N3O4/c1-19(11-16(23)21-15-5-3-4-10-22(15)19)18(25)20-12-13-6-8-14(9-7-13)17(24)26-2/h3-10H,11-12H2,1-2H3,(H,20,25). The normalized spacial score (nSPS) is 21.1. The topological polar surface area (TPSA) is 88.1 Å². The molecule has 0 aliphatic carbocycles. The quantitative estimate of drug-likeness (QED) is 0.830. The van der Waals surface area contributed by atoms with Crippen molar-refractivity contribution in [1.82, 2.24) is 10.2 Å². The van der Waals surface area contributed by atoms with E-state index in [1.165, 1.54) is 7.11 Å². The fourth-order valence-corrected chi connectivity index (χ4v) is 2.93. The van der Waals surface area contributed by atoms with E-state index in [4.69, 9.17) is 0 Å². The summed E-state index contributed by atoms with van der Waals surface area (Å²) in [6.45, 7) is 2.00. The molecule has 1 unspecified atom stereocenters. The molecule has 1 N–H and O–H groups in total. The van der Waals surface area contributed by atoms with Crippen molar-refractivity contribution in [1.29, 1.82) is 0 Å². The fraction of sp³-hybridized carbons (Fsp3) is 0.263. The van der Waals surface area contributed by atoms with Crippen molar-refractivity contribution in [2.45, 2.75) is 25.4 Å². The van der Waals surface area contributed by atoms with Crippen molar-refractivity contribution in [2.75, 3.05) is 7.11 Å². The number of carbonyl (C=O) groups is 3. The van der Waals surface area contributed by atoms with Gasteiger partial charge in [0.05, 0.1) is 19.1 Å². The van der Waals surface area contributed by atoms with Crippen LogP contribution in [0.3, 0.4) is 0 Å². The summed E-state index contributed by atoms with van der Waals surface area (Å²) in [5, 5.41) is 2.86. The second kappa shape index (κ2) is 6.95. The number of amidine groups is 1. The van der Waals surface area contributed by atoms with Gasteiger partial charge < -0.3 is 15.0 Å². The SMILES string of the molecule is COC(=O)c1ccc(CNC(=O)C2(C)CC(=O)N=C3C=CC=CN32)cc1. The largest absolute Gasteiger partial charge is 0.465 e. The molecule has 26 heavy (non-hydrogen) atoms. The van der Waals surface area contributed by atoms with E-state index in [2.05, 4.69) is 15.0 Å². The Labute approximate surface area is 151 Å². The van der Waals surface area contributed by atoms with Crippen molar-refractivity contribution in [2.24, 2.45) is 4.99 Å². The van der Waals surface area contributed by atoms with Gasteiger partial charge >= 0.3 is 5.97 Å². The fourth-order valence-electron chi connectivity index (χ4n) is 2.93. The summed E-state index contributed by atoms with van der Waals surface area (Å²) < 4.78 is 4.66. The molecular weight excluding hydrogens is 334 g/mol. The zero-order chi connectivity index (χ0) is 18.7. The van der Waals surface area contributed by atoms with E-state index in [0.29, 0.717) is 11.4 Å². The van der Waals surface area contributed by atoms with Gasteiger partial charge in [0.25, 0.3) is 5.91 Å². The molecule has 134 valence electrons. The van der Waals surface area contributed by atoms with Crippen molar-refractivity contribution in [3.63, 3.8) is 0 Å². The highest BCUT2D eigenvalue weighted by atomic mass is 16.5. The average Bonchev–Trinajstić information content (AvgIpc) is 2.65. The number of fused-ring (bicyclic) bond motifs is 1. The summed E-state index contributed by atoms with van der Waals surface area (Å²) in [5.74, 6) is -0.541. The third-order valence-electron chi connectivity index (χ3n) is 4.42. The Hall–Kier alpha value is -3.22. The smallest absolute Gasteiger partial charge is 0.337 e. The lowest BCUT2D eigenvalue weighted by Crippen LogP contribution is -2.59. The number of allylic oxidation sites excluding steroid dienone is 2. The molecule has 1 aromatic carbocycles. The lowest BCUT2D eigenvalue weighted by Gasteiger charge is -2.41. The van der Waals surface area contributed by atoms with E-state index in [1.807, 2.05) is 0 Å². The molecule has 0 saturated heterocycles. The molecular formula is C19H19N3O4. The Morgan fingerprint density at radius 1 is 1.27 bits per heavy atom. The first-order valence-corrected chi connectivity index (χ1v) is 8.15. The minimum atomic E-state index is -1.04. The average molecular weight is 353 g/mol. The lowest BCUT2D eigenvalue weighted by atomic mass is 9.91. The number of nitrogens with one attached hydrogen (secondary N) is 1. The van der Waals surface area contributed by atoms with Gasteiger partial charge in [-0.3, -0.25) is 9.59 Å². The molecule has 3 rings (SSSR count). The monoisotopic (exact) mass is 353 g/mol. The Bertz CT molecular complexity index is 839. The summed E-state index contributed by atoms with van der Waals surface area (Å²) in [5.41, 5.74) is 0.236. The van der Waals surface area contributed by atoms with E-state index in [9.17, 15) is 14.4 Å². The maximum atomic E-state index is 12.8. The van der Waals surface area contributed by atoms with Crippen LogP contribution in [0.4, 0.5) is 0 Å². The first kappa shape index (κ1) is 17.6. The van der Waals surface area contributed by atoms with E-state index in [1.54, 1.807) is 60.5 Å². The third kappa shape index (κ3) is 3.28. The molecule has 0 radical (unpaired) electrons. The van der Waals surface area contributed by atoms with Crippen LogP contribution in [0.2, 0.25) is 0 Å². The summed E-state index contributed by atoms with van der Waals surface area (Å²) in [6, 6.07) is 6.78. The highest BCUT2D eigenvalue weighted by Gasteiger charge is 2.44. The number of ether oxygens (including phenoxy) is 1. The molecule has 1 atom stereocenters. The van der Waals surface area contributed by atoms with Crippen LogP contribution < -0.4 is 5.32 Å². The molecule has 2 amide bonds. The van der Waals surface area contributed by atoms with Gasteiger partial charge in [-0.15, -0.1) is 0 Å². The number of carbonyl (C=O) groups excluding carboxylic acids is 3. The predicted molar refractivity (Wildman–Crippen MR) is 95.2 cm³/mol. The van der Waals surface area contributed by atoms with Gasteiger partial charge in [-0.2, -0.15) is 4.99 Å². The molecule has 7 nitrogen and oxygen atoms in total. The summed E-state index contributed by atoms with van der Waals surface area (Å²) >= 11 is 0. The van der Waals surface area contributed by atoms with E-state index in [-0.39, 0.29) is 24.8 Å². The molecule has 2 aliphatic heterocycles. The van der Waals surface area contributed by atoms with Gasteiger partial charge in [-0.1, -0.05) is 18.2 Å². The van der Waals surface area contributed by atoms with Gasteiger partial charge in [0.15, 0.2) is 0 Å².